The maximum absolute atomic E-state index is 2.41. The summed E-state index contributed by atoms with van der Waals surface area (Å²) in [5.74, 6) is 0. The topological polar surface area (TPSA) is 3.24 Å². The van der Waals surface area contributed by atoms with Gasteiger partial charge in [0.05, 0.1) is 5.69 Å². The van der Waals surface area contributed by atoms with Crippen molar-refractivity contribution >= 4 is 27.8 Å². The van der Waals surface area contributed by atoms with Crippen molar-refractivity contribution in [1.82, 2.24) is 0 Å². The molecule has 0 aromatic heterocycles. The third-order valence-corrected chi connectivity index (χ3v) is 9.22. The lowest BCUT2D eigenvalue weighted by Crippen LogP contribution is -2.16. The molecule has 0 spiro atoms. The zero-order chi connectivity index (χ0) is 29.7. The number of nitrogens with zero attached hydrogens (tertiary/aromatic N) is 1. The Balaban J connectivity index is 1.28. The second-order valence-electron chi connectivity index (χ2n) is 12.2. The van der Waals surface area contributed by atoms with Gasteiger partial charge in [0.15, 0.2) is 0 Å². The third kappa shape index (κ3) is 4.24. The largest absolute Gasteiger partial charge is 0.310 e. The summed E-state index contributed by atoms with van der Waals surface area (Å²) < 4.78 is 0. The normalized spacial score (nSPS) is 13.0. The Hall–Kier alpha value is -5.40. The molecule has 7 aromatic rings. The molecule has 44 heavy (non-hydrogen) atoms. The Kier molecular flexibility index (Phi) is 6.20. The number of hydrogen-bond donors (Lipinski definition) is 0. The highest BCUT2D eigenvalue weighted by atomic mass is 15.1. The molecule has 1 nitrogen and oxygen atoms in total. The van der Waals surface area contributed by atoms with Crippen molar-refractivity contribution < 1.29 is 0 Å². The highest BCUT2D eigenvalue weighted by molar-refractivity contribution is 5.99. The molecule has 0 saturated carbocycles. The highest BCUT2D eigenvalue weighted by Crippen LogP contribution is 2.53. The Bertz CT molecular complexity index is 2120. The van der Waals surface area contributed by atoms with Gasteiger partial charge in [-0.05, 0) is 92.4 Å². The zero-order valence-corrected chi connectivity index (χ0v) is 25.0. The van der Waals surface area contributed by atoms with E-state index in [4.69, 9.17) is 0 Å². The van der Waals surface area contributed by atoms with Crippen molar-refractivity contribution in [2.24, 2.45) is 0 Å². The quantitative estimate of drug-likeness (QED) is 0.201. The summed E-state index contributed by atoms with van der Waals surface area (Å²) >= 11 is 0. The van der Waals surface area contributed by atoms with Gasteiger partial charge in [-0.15, -0.1) is 0 Å². The monoisotopic (exact) mass is 563 g/mol. The molecule has 0 bridgehead atoms. The summed E-state index contributed by atoms with van der Waals surface area (Å²) in [5.41, 5.74) is 13.9. The van der Waals surface area contributed by atoms with Crippen LogP contribution in [-0.4, -0.2) is 0 Å². The minimum Gasteiger partial charge on any atom is -0.310 e. The molecule has 0 saturated heterocycles. The van der Waals surface area contributed by atoms with E-state index in [0.29, 0.717) is 0 Å². The van der Waals surface area contributed by atoms with Gasteiger partial charge in [-0.2, -0.15) is 0 Å². The fourth-order valence-electron chi connectivity index (χ4n) is 7.15. The van der Waals surface area contributed by atoms with Gasteiger partial charge in [-0.1, -0.05) is 135 Å². The van der Waals surface area contributed by atoms with Crippen LogP contribution in [0.25, 0.3) is 44.2 Å². The Morgan fingerprint density at radius 3 is 1.84 bits per heavy atom. The molecular weight excluding hydrogens is 530 g/mol. The molecule has 8 rings (SSSR count). The lowest BCUT2D eigenvalue weighted by molar-refractivity contribution is 0.662. The molecule has 0 amide bonds. The predicted octanol–water partition coefficient (Wildman–Crippen LogP) is 11.9. The SMILES string of the molecule is CC1(C)c2ccccc2-c2cc(-c3ccc(N(c4ccccc4)c4cccc5ccccc45)cc3)cc(-c3ccccc3)c21. The molecule has 0 unspecified atom stereocenters. The molecular formula is C43H33N. The van der Waals surface area contributed by atoms with Gasteiger partial charge in [0.2, 0.25) is 0 Å². The van der Waals surface area contributed by atoms with E-state index in [0.717, 1.165) is 11.4 Å². The summed E-state index contributed by atoms with van der Waals surface area (Å²) in [7, 11) is 0. The van der Waals surface area contributed by atoms with Crippen LogP contribution >= 0.6 is 0 Å². The molecule has 0 aliphatic heterocycles. The van der Waals surface area contributed by atoms with Crippen LogP contribution in [0.2, 0.25) is 0 Å². The number of anilines is 3. The maximum Gasteiger partial charge on any atom is 0.0540 e. The van der Waals surface area contributed by atoms with Crippen molar-refractivity contribution in [2.75, 3.05) is 4.90 Å². The first kappa shape index (κ1) is 26.2. The van der Waals surface area contributed by atoms with Crippen molar-refractivity contribution in [2.45, 2.75) is 19.3 Å². The molecule has 1 aliphatic rings. The lowest BCUT2D eigenvalue weighted by atomic mass is 9.78. The van der Waals surface area contributed by atoms with Crippen LogP contribution in [0.3, 0.4) is 0 Å². The Morgan fingerprint density at radius 1 is 0.432 bits per heavy atom. The first-order valence-electron chi connectivity index (χ1n) is 15.4. The smallest absolute Gasteiger partial charge is 0.0540 e. The van der Waals surface area contributed by atoms with Crippen molar-refractivity contribution in [3.05, 3.63) is 175 Å². The second-order valence-corrected chi connectivity index (χ2v) is 12.2. The first-order chi connectivity index (χ1) is 21.6. The van der Waals surface area contributed by atoms with Crippen LogP contribution in [0.15, 0.2) is 164 Å². The number of rotatable bonds is 5. The van der Waals surface area contributed by atoms with E-state index in [1.54, 1.807) is 0 Å². The summed E-state index contributed by atoms with van der Waals surface area (Å²) in [6.45, 7) is 4.73. The second kappa shape index (κ2) is 10.4. The van der Waals surface area contributed by atoms with Crippen LogP contribution < -0.4 is 4.90 Å². The van der Waals surface area contributed by atoms with Crippen LogP contribution in [0, 0.1) is 0 Å². The Labute approximate surface area is 259 Å². The lowest BCUT2D eigenvalue weighted by Gasteiger charge is -2.27. The number of para-hydroxylation sites is 1. The maximum atomic E-state index is 2.41. The summed E-state index contributed by atoms with van der Waals surface area (Å²) in [6, 6.07) is 59.5. The van der Waals surface area contributed by atoms with E-state index in [-0.39, 0.29) is 5.41 Å². The van der Waals surface area contributed by atoms with Crippen LogP contribution in [0.5, 0.6) is 0 Å². The van der Waals surface area contributed by atoms with Crippen LogP contribution in [-0.2, 0) is 5.41 Å². The van der Waals surface area contributed by atoms with Gasteiger partial charge < -0.3 is 4.90 Å². The molecule has 1 heteroatoms. The van der Waals surface area contributed by atoms with E-state index in [2.05, 4.69) is 183 Å². The molecule has 210 valence electrons. The standard InChI is InChI=1S/C43H33N/c1-43(2)40-22-12-11-21-37(40)39-29-33(28-38(42(39)43)32-14-5-3-6-15-32)30-24-26-35(27-25-30)44(34-18-7-4-8-19-34)41-23-13-17-31-16-9-10-20-36(31)41/h3-29H,1-2H3. The van der Waals surface area contributed by atoms with Crippen LogP contribution in [0.4, 0.5) is 17.1 Å². The van der Waals surface area contributed by atoms with Gasteiger partial charge in [0, 0.05) is 22.2 Å². The molecule has 7 aromatic carbocycles. The summed E-state index contributed by atoms with van der Waals surface area (Å²) in [6.07, 6.45) is 0. The van der Waals surface area contributed by atoms with E-state index in [9.17, 15) is 0 Å². The van der Waals surface area contributed by atoms with E-state index in [1.807, 2.05) is 0 Å². The van der Waals surface area contributed by atoms with Gasteiger partial charge >= 0.3 is 0 Å². The molecule has 0 radical (unpaired) electrons. The number of fused-ring (bicyclic) bond motifs is 4. The highest BCUT2D eigenvalue weighted by Gasteiger charge is 2.37. The van der Waals surface area contributed by atoms with Gasteiger partial charge in [-0.3, -0.25) is 0 Å². The molecule has 0 fully saturated rings. The number of benzene rings is 7. The predicted molar refractivity (Wildman–Crippen MR) is 187 cm³/mol. The summed E-state index contributed by atoms with van der Waals surface area (Å²) in [5, 5.41) is 2.47. The molecule has 0 N–H and O–H groups in total. The van der Waals surface area contributed by atoms with Crippen molar-refractivity contribution in [3.8, 4) is 33.4 Å². The van der Waals surface area contributed by atoms with Gasteiger partial charge in [0.1, 0.15) is 0 Å². The first-order valence-corrected chi connectivity index (χ1v) is 15.4. The van der Waals surface area contributed by atoms with Crippen molar-refractivity contribution in [3.63, 3.8) is 0 Å². The fourth-order valence-corrected chi connectivity index (χ4v) is 7.15. The van der Waals surface area contributed by atoms with E-state index >= 15 is 0 Å². The Morgan fingerprint density at radius 2 is 1.05 bits per heavy atom. The minimum absolute atomic E-state index is 0.0753. The van der Waals surface area contributed by atoms with Crippen LogP contribution in [0.1, 0.15) is 25.0 Å². The summed E-state index contributed by atoms with van der Waals surface area (Å²) in [4.78, 5) is 2.36. The van der Waals surface area contributed by atoms with E-state index < -0.39 is 0 Å². The van der Waals surface area contributed by atoms with Gasteiger partial charge in [-0.25, -0.2) is 0 Å². The van der Waals surface area contributed by atoms with E-state index in [1.165, 1.54) is 61.0 Å². The molecule has 0 atom stereocenters. The average Bonchev–Trinajstić information content (AvgIpc) is 3.32. The zero-order valence-electron chi connectivity index (χ0n) is 25.0. The van der Waals surface area contributed by atoms with Gasteiger partial charge in [0.25, 0.3) is 0 Å². The number of hydrogen-bond acceptors (Lipinski definition) is 1. The average molecular weight is 564 g/mol. The molecule has 0 heterocycles. The third-order valence-electron chi connectivity index (χ3n) is 9.22. The minimum atomic E-state index is -0.0753. The molecule has 1 aliphatic carbocycles. The fraction of sp³-hybridized carbons (Fsp3) is 0.0698. The van der Waals surface area contributed by atoms with Crippen molar-refractivity contribution in [1.29, 1.82) is 0 Å².